The average Bonchev–Trinajstić information content (AvgIpc) is 2.36. The standard InChI is InChI=1S/C14H20N2O2/c1-4-12(11(3)17)10-16-9-7-6-8-13(16)14(18)15-5-2/h4,8,10H,1,5-7,9H2,2-3H3,(H,15,18)/b12-10+. The molecule has 0 atom stereocenters. The van der Waals surface area contributed by atoms with E-state index in [-0.39, 0.29) is 11.7 Å². The molecule has 1 aliphatic rings. The number of carbonyl (C=O) groups excluding carboxylic acids is 2. The average molecular weight is 248 g/mol. The van der Waals surface area contributed by atoms with Gasteiger partial charge in [-0.2, -0.15) is 0 Å². The van der Waals surface area contributed by atoms with Gasteiger partial charge >= 0.3 is 0 Å². The minimum Gasteiger partial charge on any atom is -0.351 e. The molecule has 1 amide bonds. The second kappa shape index (κ2) is 6.79. The lowest BCUT2D eigenvalue weighted by molar-refractivity contribution is -0.119. The molecule has 1 aliphatic heterocycles. The molecule has 0 fully saturated rings. The van der Waals surface area contributed by atoms with E-state index in [1.807, 2.05) is 17.9 Å². The number of likely N-dealkylation sites (N-methyl/N-ethyl adjacent to an activating group) is 1. The molecule has 0 aromatic carbocycles. The summed E-state index contributed by atoms with van der Waals surface area (Å²) in [6.07, 6.45) is 7.00. The van der Waals surface area contributed by atoms with Crippen LogP contribution in [0.15, 0.2) is 36.2 Å². The summed E-state index contributed by atoms with van der Waals surface area (Å²) in [7, 11) is 0. The molecule has 0 aromatic rings. The maximum atomic E-state index is 11.9. The van der Waals surface area contributed by atoms with Gasteiger partial charge in [-0.15, -0.1) is 0 Å². The topological polar surface area (TPSA) is 49.4 Å². The van der Waals surface area contributed by atoms with Crippen molar-refractivity contribution in [2.24, 2.45) is 0 Å². The van der Waals surface area contributed by atoms with E-state index in [0.717, 1.165) is 19.4 Å². The molecule has 1 rings (SSSR count). The van der Waals surface area contributed by atoms with Gasteiger partial charge in [0.15, 0.2) is 5.78 Å². The van der Waals surface area contributed by atoms with Gasteiger partial charge < -0.3 is 10.2 Å². The number of hydrogen-bond acceptors (Lipinski definition) is 3. The summed E-state index contributed by atoms with van der Waals surface area (Å²) >= 11 is 0. The van der Waals surface area contributed by atoms with Crippen LogP contribution in [0.25, 0.3) is 0 Å². The van der Waals surface area contributed by atoms with E-state index in [1.54, 1.807) is 6.20 Å². The number of Topliss-reactive ketones (excluding diaryl/α,β-unsaturated/α-hetero) is 1. The van der Waals surface area contributed by atoms with Crippen LogP contribution in [0.4, 0.5) is 0 Å². The van der Waals surface area contributed by atoms with Crippen LogP contribution in [-0.2, 0) is 9.59 Å². The number of amides is 1. The number of carbonyl (C=O) groups is 2. The first kappa shape index (κ1) is 14.2. The molecule has 0 saturated heterocycles. The Morgan fingerprint density at radius 3 is 2.83 bits per heavy atom. The summed E-state index contributed by atoms with van der Waals surface area (Å²) in [6, 6.07) is 0. The zero-order valence-electron chi connectivity index (χ0n) is 11.0. The van der Waals surface area contributed by atoms with E-state index in [1.165, 1.54) is 13.0 Å². The fourth-order valence-corrected chi connectivity index (χ4v) is 1.80. The summed E-state index contributed by atoms with van der Waals surface area (Å²) < 4.78 is 0. The highest BCUT2D eigenvalue weighted by Gasteiger charge is 2.18. The van der Waals surface area contributed by atoms with Gasteiger partial charge in [-0.05, 0) is 26.7 Å². The quantitative estimate of drug-likeness (QED) is 0.596. The van der Waals surface area contributed by atoms with Crippen molar-refractivity contribution in [1.82, 2.24) is 10.2 Å². The number of nitrogens with zero attached hydrogens (tertiary/aromatic N) is 1. The number of nitrogens with one attached hydrogen (secondary N) is 1. The summed E-state index contributed by atoms with van der Waals surface area (Å²) in [6.45, 7) is 8.33. The van der Waals surface area contributed by atoms with E-state index < -0.39 is 0 Å². The molecule has 1 heterocycles. The zero-order valence-corrected chi connectivity index (χ0v) is 11.0. The third-order valence-electron chi connectivity index (χ3n) is 2.74. The van der Waals surface area contributed by atoms with Gasteiger partial charge in [0.2, 0.25) is 0 Å². The van der Waals surface area contributed by atoms with Gasteiger partial charge in [-0.1, -0.05) is 18.7 Å². The summed E-state index contributed by atoms with van der Waals surface area (Å²) in [4.78, 5) is 25.1. The van der Waals surface area contributed by atoms with Crippen molar-refractivity contribution in [2.45, 2.75) is 26.7 Å². The number of rotatable bonds is 5. The van der Waals surface area contributed by atoms with Gasteiger partial charge in [0.1, 0.15) is 5.70 Å². The molecule has 4 nitrogen and oxygen atoms in total. The van der Waals surface area contributed by atoms with Crippen molar-refractivity contribution in [3.8, 4) is 0 Å². The fraction of sp³-hybridized carbons (Fsp3) is 0.429. The van der Waals surface area contributed by atoms with Crippen LogP contribution in [0.3, 0.4) is 0 Å². The van der Waals surface area contributed by atoms with Gasteiger partial charge in [-0.25, -0.2) is 0 Å². The SMILES string of the molecule is C=C/C(=C\N1CCCC=C1C(=O)NCC)C(C)=O. The van der Waals surface area contributed by atoms with Crippen LogP contribution in [0.2, 0.25) is 0 Å². The molecule has 98 valence electrons. The minimum absolute atomic E-state index is 0.0502. The third kappa shape index (κ3) is 3.58. The largest absolute Gasteiger partial charge is 0.351 e. The predicted octanol–water partition coefficient (Wildman–Crippen LogP) is 1.76. The molecular formula is C14H20N2O2. The van der Waals surface area contributed by atoms with Crippen LogP contribution in [0.5, 0.6) is 0 Å². The second-order valence-corrected chi connectivity index (χ2v) is 4.13. The highest BCUT2D eigenvalue weighted by Crippen LogP contribution is 2.17. The minimum atomic E-state index is -0.0968. The summed E-state index contributed by atoms with van der Waals surface area (Å²) in [5.41, 5.74) is 1.13. The highest BCUT2D eigenvalue weighted by atomic mass is 16.2. The lowest BCUT2D eigenvalue weighted by Crippen LogP contribution is -2.34. The van der Waals surface area contributed by atoms with E-state index in [4.69, 9.17) is 0 Å². The zero-order chi connectivity index (χ0) is 13.5. The molecule has 1 N–H and O–H groups in total. The Bertz CT molecular complexity index is 408. The van der Waals surface area contributed by atoms with Gasteiger partial charge in [0.05, 0.1) is 0 Å². The molecule has 0 aromatic heterocycles. The summed E-state index contributed by atoms with van der Waals surface area (Å²) in [5.74, 6) is -0.147. The maximum absolute atomic E-state index is 11.9. The molecule has 4 heteroatoms. The Labute approximate surface area is 108 Å². The lowest BCUT2D eigenvalue weighted by atomic mass is 10.1. The second-order valence-electron chi connectivity index (χ2n) is 4.13. The van der Waals surface area contributed by atoms with E-state index in [2.05, 4.69) is 11.9 Å². The van der Waals surface area contributed by atoms with Crippen molar-refractivity contribution >= 4 is 11.7 Å². The number of ketones is 1. The first-order valence-corrected chi connectivity index (χ1v) is 6.20. The predicted molar refractivity (Wildman–Crippen MR) is 71.7 cm³/mol. The molecule has 0 bridgehead atoms. The van der Waals surface area contributed by atoms with E-state index in [9.17, 15) is 9.59 Å². The highest BCUT2D eigenvalue weighted by molar-refractivity contribution is 5.96. The van der Waals surface area contributed by atoms with Crippen molar-refractivity contribution in [3.05, 3.63) is 36.2 Å². The van der Waals surface area contributed by atoms with Crippen molar-refractivity contribution in [2.75, 3.05) is 13.1 Å². The van der Waals surface area contributed by atoms with Crippen molar-refractivity contribution in [3.63, 3.8) is 0 Å². The molecule has 0 radical (unpaired) electrons. The molecular weight excluding hydrogens is 228 g/mol. The van der Waals surface area contributed by atoms with Crippen LogP contribution in [-0.4, -0.2) is 29.7 Å². The fourth-order valence-electron chi connectivity index (χ4n) is 1.80. The normalized spacial score (nSPS) is 16.0. The molecule has 0 saturated carbocycles. The number of hydrogen-bond donors (Lipinski definition) is 1. The summed E-state index contributed by atoms with van der Waals surface area (Å²) in [5, 5.41) is 2.78. The first-order valence-electron chi connectivity index (χ1n) is 6.20. The van der Waals surface area contributed by atoms with E-state index in [0.29, 0.717) is 17.8 Å². The van der Waals surface area contributed by atoms with E-state index >= 15 is 0 Å². The lowest BCUT2D eigenvalue weighted by Gasteiger charge is -2.27. The smallest absolute Gasteiger partial charge is 0.267 e. The Kier molecular flexibility index (Phi) is 5.36. The van der Waals surface area contributed by atoms with Crippen molar-refractivity contribution < 1.29 is 9.59 Å². The van der Waals surface area contributed by atoms with Crippen molar-refractivity contribution in [1.29, 1.82) is 0 Å². The molecule has 0 aliphatic carbocycles. The molecule has 0 spiro atoms. The van der Waals surface area contributed by atoms with Gasteiger partial charge in [0, 0.05) is 24.9 Å². The Morgan fingerprint density at radius 1 is 1.56 bits per heavy atom. The Balaban J connectivity index is 2.95. The van der Waals surface area contributed by atoms with Crippen LogP contribution in [0, 0.1) is 0 Å². The molecule has 0 unspecified atom stereocenters. The number of allylic oxidation sites excluding steroid dienone is 3. The van der Waals surface area contributed by atoms with Gasteiger partial charge in [-0.3, -0.25) is 9.59 Å². The monoisotopic (exact) mass is 248 g/mol. The first-order chi connectivity index (χ1) is 8.60. The maximum Gasteiger partial charge on any atom is 0.267 e. The third-order valence-corrected chi connectivity index (χ3v) is 2.74. The van der Waals surface area contributed by atoms with Gasteiger partial charge in [0.25, 0.3) is 5.91 Å². The Hall–Kier alpha value is -1.84. The Morgan fingerprint density at radius 2 is 2.28 bits per heavy atom. The van der Waals surface area contributed by atoms with Crippen LogP contribution in [0.1, 0.15) is 26.7 Å². The van der Waals surface area contributed by atoms with Crippen LogP contribution >= 0.6 is 0 Å². The molecule has 18 heavy (non-hydrogen) atoms. The van der Waals surface area contributed by atoms with Crippen LogP contribution < -0.4 is 5.32 Å².